The molecule has 0 aliphatic rings. The largest absolute Gasteiger partial charge is 0.495 e. The van der Waals surface area contributed by atoms with E-state index in [-0.39, 0.29) is 17.1 Å². The van der Waals surface area contributed by atoms with Crippen molar-refractivity contribution in [2.24, 2.45) is 0 Å². The lowest BCUT2D eigenvalue weighted by atomic mass is 10.2. The Kier molecular flexibility index (Phi) is 9.41. The maximum absolute atomic E-state index is 13.7. The second-order valence-corrected chi connectivity index (χ2v) is 10.3. The van der Waals surface area contributed by atoms with Crippen LogP contribution in [0.3, 0.4) is 0 Å². The molecule has 0 aliphatic carbocycles. The monoisotopic (exact) mass is 526 g/mol. The first kappa shape index (κ1) is 27.9. The standard InChI is InChI=1S/C28H34N2O6S/c1-6-35-26-15-11-22(17-27(26)36-7-2)18-29-28(31)19-30(24-16-21(4)10-14-25(24)34-5)37(32,33)23-12-8-20(3)9-13-23/h8-17H,6-7,18-19H2,1-5H3,(H,29,31). The molecule has 3 aromatic rings. The van der Waals surface area contributed by atoms with Gasteiger partial charge in [-0.25, -0.2) is 8.42 Å². The van der Waals surface area contributed by atoms with Gasteiger partial charge in [-0.1, -0.05) is 29.8 Å². The van der Waals surface area contributed by atoms with Crippen LogP contribution in [-0.2, 0) is 21.4 Å². The minimum atomic E-state index is -4.07. The van der Waals surface area contributed by atoms with Gasteiger partial charge in [0.1, 0.15) is 12.3 Å². The molecular weight excluding hydrogens is 492 g/mol. The number of nitrogens with zero attached hydrogens (tertiary/aromatic N) is 1. The first-order valence-corrected chi connectivity index (χ1v) is 13.5. The minimum Gasteiger partial charge on any atom is -0.495 e. The van der Waals surface area contributed by atoms with E-state index in [1.165, 1.54) is 19.2 Å². The molecule has 198 valence electrons. The minimum absolute atomic E-state index is 0.0855. The Morgan fingerprint density at radius 2 is 1.46 bits per heavy atom. The molecule has 0 spiro atoms. The molecule has 1 N–H and O–H groups in total. The van der Waals surface area contributed by atoms with Gasteiger partial charge in [-0.3, -0.25) is 9.10 Å². The summed E-state index contributed by atoms with van der Waals surface area (Å²) >= 11 is 0. The Morgan fingerprint density at radius 3 is 2.11 bits per heavy atom. The SMILES string of the molecule is CCOc1ccc(CNC(=O)CN(c2cc(C)ccc2OC)S(=O)(=O)c2ccc(C)cc2)cc1OCC. The summed E-state index contributed by atoms with van der Waals surface area (Å²) in [5, 5.41) is 2.82. The highest BCUT2D eigenvalue weighted by Gasteiger charge is 2.29. The number of carbonyl (C=O) groups is 1. The van der Waals surface area contributed by atoms with E-state index >= 15 is 0 Å². The molecular formula is C28H34N2O6S. The van der Waals surface area contributed by atoms with E-state index in [0.29, 0.717) is 30.5 Å². The molecule has 0 aliphatic heterocycles. The third-order valence-corrected chi connectivity index (χ3v) is 7.37. The molecule has 1 amide bonds. The van der Waals surface area contributed by atoms with Crippen LogP contribution in [0.4, 0.5) is 5.69 Å². The molecule has 3 rings (SSSR count). The summed E-state index contributed by atoms with van der Waals surface area (Å²) in [6, 6.07) is 17.1. The van der Waals surface area contributed by atoms with Crippen LogP contribution in [0.2, 0.25) is 0 Å². The Hall–Kier alpha value is -3.72. The van der Waals surface area contributed by atoms with Crippen molar-refractivity contribution in [3.05, 3.63) is 77.4 Å². The first-order valence-electron chi connectivity index (χ1n) is 12.1. The Labute approximate surface area is 219 Å². The number of hydrogen-bond donors (Lipinski definition) is 1. The number of rotatable bonds is 12. The van der Waals surface area contributed by atoms with E-state index in [1.54, 1.807) is 36.4 Å². The zero-order valence-corrected chi connectivity index (χ0v) is 22.7. The summed E-state index contributed by atoms with van der Waals surface area (Å²) < 4.78 is 45.2. The van der Waals surface area contributed by atoms with Crippen molar-refractivity contribution in [2.75, 3.05) is 31.2 Å². The van der Waals surface area contributed by atoms with Gasteiger partial charge in [0.05, 0.1) is 30.9 Å². The number of carbonyl (C=O) groups excluding carboxylic acids is 1. The van der Waals surface area contributed by atoms with Crippen LogP contribution in [0.1, 0.15) is 30.5 Å². The number of ether oxygens (including phenoxy) is 3. The third kappa shape index (κ3) is 6.95. The summed E-state index contributed by atoms with van der Waals surface area (Å²) in [5.41, 5.74) is 2.84. The molecule has 8 nitrogen and oxygen atoms in total. The maximum atomic E-state index is 13.7. The Morgan fingerprint density at radius 1 is 0.838 bits per heavy atom. The number of sulfonamides is 1. The second kappa shape index (κ2) is 12.5. The van der Waals surface area contributed by atoms with Crippen molar-refractivity contribution in [1.29, 1.82) is 0 Å². The highest BCUT2D eigenvalue weighted by atomic mass is 32.2. The fraction of sp³-hybridized carbons (Fsp3) is 0.321. The predicted molar refractivity (Wildman–Crippen MR) is 144 cm³/mol. The van der Waals surface area contributed by atoms with Gasteiger partial charge in [-0.15, -0.1) is 0 Å². The Balaban J connectivity index is 1.88. The zero-order valence-electron chi connectivity index (χ0n) is 21.9. The van der Waals surface area contributed by atoms with E-state index in [9.17, 15) is 13.2 Å². The molecule has 0 saturated carbocycles. The van der Waals surface area contributed by atoms with Gasteiger partial charge in [-0.2, -0.15) is 0 Å². The summed E-state index contributed by atoms with van der Waals surface area (Å²) in [5.74, 6) is 1.10. The van der Waals surface area contributed by atoms with E-state index < -0.39 is 22.5 Å². The molecule has 0 aromatic heterocycles. The van der Waals surface area contributed by atoms with Gasteiger partial charge >= 0.3 is 0 Å². The van der Waals surface area contributed by atoms with Crippen LogP contribution in [0, 0.1) is 13.8 Å². The molecule has 0 bridgehead atoms. The summed E-state index contributed by atoms with van der Waals surface area (Å²) in [4.78, 5) is 13.2. The smallest absolute Gasteiger partial charge is 0.264 e. The molecule has 0 atom stereocenters. The topological polar surface area (TPSA) is 94.2 Å². The first-order chi connectivity index (χ1) is 17.7. The summed E-state index contributed by atoms with van der Waals surface area (Å²) in [7, 11) is -2.60. The molecule has 0 unspecified atom stereocenters. The molecule has 0 fully saturated rings. The van der Waals surface area contributed by atoms with Crippen LogP contribution >= 0.6 is 0 Å². The number of hydrogen-bond acceptors (Lipinski definition) is 6. The Bertz CT molecular complexity index is 1320. The molecule has 0 saturated heterocycles. The van der Waals surface area contributed by atoms with Crippen LogP contribution in [0.25, 0.3) is 0 Å². The molecule has 3 aromatic carbocycles. The quantitative estimate of drug-likeness (QED) is 0.370. The molecule has 0 radical (unpaired) electrons. The molecule has 9 heteroatoms. The van der Waals surface area contributed by atoms with Gasteiger partial charge in [-0.05, 0) is 75.2 Å². The van der Waals surface area contributed by atoms with Crippen molar-refractivity contribution in [1.82, 2.24) is 5.32 Å². The maximum Gasteiger partial charge on any atom is 0.264 e. The van der Waals surface area contributed by atoms with Crippen molar-refractivity contribution in [3.63, 3.8) is 0 Å². The van der Waals surface area contributed by atoms with E-state index in [0.717, 1.165) is 21.0 Å². The van der Waals surface area contributed by atoms with Gasteiger partial charge in [0.2, 0.25) is 5.91 Å². The van der Waals surface area contributed by atoms with Crippen molar-refractivity contribution < 1.29 is 27.4 Å². The lowest BCUT2D eigenvalue weighted by molar-refractivity contribution is -0.119. The van der Waals surface area contributed by atoms with Crippen LogP contribution in [0.5, 0.6) is 17.2 Å². The molecule has 37 heavy (non-hydrogen) atoms. The van der Waals surface area contributed by atoms with Crippen LogP contribution in [0.15, 0.2) is 65.6 Å². The number of methoxy groups -OCH3 is 1. The zero-order chi connectivity index (χ0) is 27.0. The average Bonchev–Trinajstić information content (AvgIpc) is 2.87. The van der Waals surface area contributed by atoms with Gasteiger partial charge in [0, 0.05) is 6.54 Å². The number of benzene rings is 3. The second-order valence-electron chi connectivity index (χ2n) is 8.42. The van der Waals surface area contributed by atoms with Gasteiger partial charge in [0.25, 0.3) is 10.0 Å². The van der Waals surface area contributed by atoms with E-state index in [4.69, 9.17) is 14.2 Å². The normalized spacial score (nSPS) is 11.1. The van der Waals surface area contributed by atoms with Crippen molar-refractivity contribution >= 4 is 21.6 Å². The van der Waals surface area contributed by atoms with Gasteiger partial charge in [0.15, 0.2) is 11.5 Å². The molecule has 0 heterocycles. The third-order valence-electron chi connectivity index (χ3n) is 5.60. The number of nitrogens with one attached hydrogen (secondary N) is 1. The van der Waals surface area contributed by atoms with E-state index in [2.05, 4.69) is 5.32 Å². The summed E-state index contributed by atoms with van der Waals surface area (Å²) in [6.45, 7) is 8.24. The van der Waals surface area contributed by atoms with Crippen LogP contribution < -0.4 is 23.8 Å². The lowest BCUT2D eigenvalue weighted by Crippen LogP contribution is -2.41. The fourth-order valence-corrected chi connectivity index (χ4v) is 5.15. The van der Waals surface area contributed by atoms with Crippen molar-refractivity contribution in [3.8, 4) is 17.2 Å². The highest BCUT2D eigenvalue weighted by molar-refractivity contribution is 7.92. The predicted octanol–water partition coefficient (Wildman–Crippen LogP) is 4.62. The van der Waals surface area contributed by atoms with E-state index in [1.807, 2.05) is 39.8 Å². The lowest BCUT2D eigenvalue weighted by Gasteiger charge is -2.26. The fourth-order valence-electron chi connectivity index (χ4n) is 3.72. The van der Waals surface area contributed by atoms with Gasteiger partial charge < -0.3 is 19.5 Å². The average molecular weight is 527 g/mol. The number of anilines is 1. The highest BCUT2D eigenvalue weighted by Crippen LogP contribution is 2.33. The number of aryl methyl sites for hydroxylation is 2. The van der Waals surface area contributed by atoms with Crippen molar-refractivity contribution in [2.45, 2.75) is 39.1 Å². The van der Waals surface area contributed by atoms with Crippen LogP contribution in [-0.4, -0.2) is 41.2 Å². The summed E-state index contributed by atoms with van der Waals surface area (Å²) in [6.07, 6.45) is 0. The number of amides is 1.